The Balaban J connectivity index is 1.82. The third-order valence-corrected chi connectivity index (χ3v) is 8.35. The SMILES string of the molecule is C=CCN(C)C(=O)[C@@H]1[C@@H]2CCC3(O2)C(C(=O)N(CC=C)c2ccc(Cl)cc2)N([C@@H](CO)CC(C)C)C(=O)[C@H]13. The fourth-order valence-corrected chi connectivity index (χ4v) is 6.75. The van der Waals surface area contributed by atoms with Crippen LogP contribution in [0.2, 0.25) is 5.02 Å². The van der Waals surface area contributed by atoms with Crippen LogP contribution >= 0.6 is 11.6 Å². The topological polar surface area (TPSA) is 90.4 Å². The average molecular weight is 544 g/mol. The summed E-state index contributed by atoms with van der Waals surface area (Å²) in [5.41, 5.74) is -0.536. The first-order chi connectivity index (χ1) is 18.1. The number of carbonyl (C=O) groups excluding carboxylic acids is 3. The minimum absolute atomic E-state index is 0.169. The van der Waals surface area contributed by atoms with Gasteiger partial charge in [0.2, 0.25) is 11.8 Å². The van der Waals surface area contributed by atoms with Crippen molar-refractivity contribution >= 4 is 35.0 Å². The average Bonchev–Trinajstić information content (AvgIpc) is 3.53. The number of aliphatic hydroxyl groups excluding tert-OH is 1. The van der Waals surface area contributed by atoms with E-state index in [1.54, 1.807) is 53.3 Å². The predicted octanol–water partition coefficient (Wildman–Crippen LogP) is 3.29. The Bertz CT molecular complexity index is 1090. The Morgan fingerprint density at radius 2 is 1.87 bits per heavy atom. The number of benzene rings is 1. The van der Waals surface area contributed by atoms with Gasteiger partial charge in [0, 0.05) is 30.8 Å². The second-order valence-electron chi connectivity index (χ2n) is 11.0. The molecule has 0 aromatic heterocycles. The van der Waals surface area contributed by atoms with E-state index in [-0.39, 0.29) is 36.8 Å². The molecule has 4 rings (SSSR count). The lowest BCUT2D eigenvalue weighted by molar-refractivity contribution is -0.147. The van der Waals surface area contributed by atoms with Crippen LogP contribution in [-0.4, -0.2) is 83.2 Å². The Morgan fingerprint density at radius 3 is 2.45 bits per heavy atom. The predicted molar refractivity (Wildman–Crippen MR) is 147 cm³/mol. The fourth-order valence-electron chi connectivity index (χ4n) is 6.62. The van der Waals surface area contributed by atoms with E-state index in [0.29, 0.717) is 36.5 Å². The summed E-state index contributed by atoms with van der Waals surface area (Å²) in [5, 5.41) is 11.0. The highest BCUT2D eigenvalue weighted by Crippen LogP contribution is 2.59. The number of likely N-dealkylation sites (N-methyl/N-ethyl adjacent to an activating group) is 1. The van der Waals surface area contributed by atoms with Gasteiger partial charge in [-0.15, -0.1) is 13.2 Å². The van der Waals surface area contributed by atoms with Gasteiger partial charge in [-0.2, -0.15) is 0 Å². The van der Waals surface area contributed by atoms with Gasteiger partial charge in [0.1, 0.15) is 11.6 Å². The van der Waals surface area contributed by atoms with Gasteiger partial charge in [0.25, 0.3) is 5.91 Å². The van der Waals surface area contributed by atoms with E-state index in [4.69, 9.17) is 16.3 Å². The molecule has 3 aliphatic heterocycles. The summed E-state index contributed by atoms with van der Waals surface area (Å²) in [6.45, 7) is 11.8. The molecule has 0 radical (unpaired) electrons. The van der Waals surface area contributed by atoms with E-state index >= 15 is 0 Å². The molecule has 3 fully saturated rings. The number of rotatable bonds is 11. The molecular weight excluding hydrogens is 506 g/mol. The summed E-state index contributed by atoms with van der Waals surface area (Å²) in [5.74, 6) is -2.13. The van der Waals surface area contributed by atoms with Crippen molar-refractivity contribution in [2.75, 3.05) is 31.6 Å². The number of hydrogen-bond donors (Lipinski definition) is 1. The highest BCUT2D eigenvalue weighted by molar-refractivity contribution is 6.30. The Hall–Kier alpha value is -2.68. The lowest BCUT2D eigenvalue weighted by atomic mass is 9.70. The standard InChI is InChI=1S/C29H38ClN3O5/c1-6-14-31(5)26(35)23-22-12-13-29(38-22)24(23)27(36)33(21(17-34)16-18(3)4)25(29)28(37)32(15-7-2)20-10-8-19(30)9-11-20/h6-11,18,21-25,34H,1-2,12-17H2,3-5H3/t21-,22+,23-,24+,25?,29?/m1/s1. The molecule has 2 unspecified atom stereocenters. The molecule has 1 spiro atoms. The van der Waals surface area contributed by atoms with E-state index in [0.717, 1.165) is 0 Å². The molecule has 206 valence electrons. The van der Waals surface area contributed by atoms with Crippen molar-refractivity contribution in [2.24, 2.45) is 17.8 Å². The number of amides is 3. The van der Waals surface area contributed by atoms with Crippen molar-refractivity contribution in [1.29, 1.82) is 0 Å². The number of halogens is 1. The van der Waals surface area contributed by atoms with E-state index in [1.807, 2.05) is 13.8 Å². The van der Waals surface area contributed by atoms with Gasteiger partial charge in [-0.05, 0) is 49.4 Å². The molecule has 6 atom stereocenters. The Kier molecular flexibility index (Phi) is 8.35. The number of hydrogen-bond acceptors (Lipinski definition) is 5. The minimum atomic E-state index is -1.15. The second-order valence-corrected chi connectivity index (χ2v) is 11.4. The molecule has 0 saturated carbocycles. The zero-order valence-corrected chi connectivity index (χ0v) is 23.1. The molecule has 3 amide bonds. The van der Waals surface area contributed by atoms with Gasteiger partial charge in [-0.25, -0.2) is 0 Å². The largest absolute Gasteiger partial charge is 0.394 e. The van der Waals surface area contributed by atoms with Crippen LogP contribution in [0.1, 0.15) is 33.1 Å². The number of nitrogens with zero attached hydrogens (tertiary/aromatic N) is 3. The maximum atomic E-state index is 14.5. The van der Waals surface area contributed by atoms with Crippen LogP contribution < -0.4 is 4.90 Å². The van der Waals surface area contributed by atoms with Gasteiger partial charge >= 0.3 is 0 Å². The van der Waals surface area contributed by atoms with Crippen LogP contribution in [0.15, 0.2) is 49.6 Å². The molecule has 2 bridgehead atoms. The summed E-state index contributed by atoms with van der Waals surface area (Å²) in [4.78, 5) is 47.0. The molecule has 3 heterocycles. The van der Waals surface area contributed by atoms with Crippen LogP contribution in [0, 0.1) is 17.8 Å². The zero-order chi connectivity index (χ0) is 27.8. The molecular formula is C29H38ClN3O5. The Morgan fingerprint density at radius 1 is 1.21 bits per heavy atom. The van der Waals surface area contributed by atoms with Crippen molar-refractivity contribution < 1.29 is 24.2 Å². The zero-order valence-electron chi connectivity index (χ0n) is 22.4. The lowest BCUT2D eigenvalue weighted by Gasteiger charge is -2.39. The van der Waals surface area contributed by atoms with Crippen LogP contribution in [0.25, 0.3) is 0 Å². The van der Waals surface area contributed by atoms with Crippen molar-refractivity contribution in [2.45, 2.75) is 56.9 Å². The first-order valence-electron chi connectivity index (χ1n) is 13.3. The van der Waals surface area contributed by atoms with Crippen molar-refractivity contribution in [3.05, 3.63) is 54.6 Å². The molecule has 1 aromatic rings. The molecule has 1 N–H and O–H groups in total. The summed E-state index contributed by atoms with van der Waals surface area (Å²) < 4.78 is 6.55. The van der Waals surface area contributed by atoms with Gasteiger partial charge in [-0.1, -0.05) is 37.6 Å². The smallest absolute Gasteiger partial charge is 0.253 e. The number of fused-ring (bicyclic) bond motifs is 1. The third-order valence-electron chi connectivity index (χ3n) is 8.10. The summed E-state index contributed by atoms with van der Waals surface area (Å²) in [6, 6.07) is 5.34. The van der Waals surface area contributed by atoms with Gasteiger partial charge < -0.3 is 24.5 Å². The number of carbonyl (C=O) groups is 3. The molecule has 38 heavy (non-hydrogen) atoms. The maximum absolute atomic E-state index is 14.5. The highest BCUT2D eigenvalue weighted by atomic mass is 35.5. The van der Waals surface area contributed by atoms with Crippen LogP contribution in [0.4, 0.5) is 5.69 Å². The van der Waals surface area contributed by atoms with Crippen LogP contribution in [0.5, 0.6) is 0 Å². The molecule has 3 aliphatic rings. The molecule has 8 nitrogen and oxygen atoms in total. The second kappa shape index (κ2) is 11.2. The van der Waals surface area contributed by atoms with Gasteiger partial charge in [0.05, 0.1) is 30.6 Å². The van der Waals surface area contributed by atoms with Crippen molar-refractivity contribution in [1.82, 2.24) is 9.80 Å². The fraction of sp³-hybridized carbons (Fsp3) is 0.552. The Labute approximate surface area is 229 Å². The van der Waals surface area contributed by atoms with Crippen LogP contribution in [0.3, 0.4) is 0 Å². The maximum Gasteiger partial charge on any atom is 0.253 e. The first kappa shape index (κ1) is 28.3. The van der Waals surface area contributed by atoms with Gasteiger partial charge in [-0.3, -0.25) is 14.4 Å². The minimum Gasteiger partial charge on any atom is -0.394 e. The van der Waals surface area contributed by atoms with E-state index in [2.05, 4.69) is 13.2 Å². The van der Waals surface area contributed by atoms with E-state index in [1.165, 1.54) is 4.90 Å². The normalized spacial score (nSPS) is 28.4. The first-order valence-corrected chi connectivity index (χ1v) is 13.6. The number of likely N-dealkylation sites (tertiary alicyclic amines) is 1. The molecule has 3 saturated heterocycles. The van der Waals surface area contributed by atoms with E-state index < -0.39 is 35.6 Å². The molecule has 0 aliphatic carbocycles. The lowest BCUT2D eigenvalue weighted by Crippen LogP contribution is -2.59. The van der Waals surface area contributed by atoms with E-state index in [9.17, 15) is 19.5 Å². The quantitative estimate of drug-likeness (QED) is 0.433. The van der Waals surface area contributed by atoms with Crippen molar-refractivity contribution in [3.63, 3.8) is 0 Å². The molecule has 9 heteroatoms. The number of anilines is 1. The summed E-state index contributed by atoms with van der Waals surface area (Å²) >= 11 is 6.10. The van der Waals surface area contributed by atoms with Crippen LogP contribution in [-0.2, 0) is 19.1 Å². The van der Waals surface area contributed by atoms with Crippen molar-refractivity contribution in [3.8, 4) is 0 Å². The molecule has 1 aromatic carbocycles. The third kappa shape index (κ3) is 4.67. The highest BCUT2D eigenvalue weighted by Gasteiger charge is 2.75. The summed E-state index contributed by atoms with van der Waals surface area (Å²) in [6.07, 6.45) is 4.40. The number of ether oxygens (including phenoxy) is 1. The summed E-state index contributed by atoms with van der Waals surface area (Å²) in [7, 11) is 1.68. The van der Waals surface area contributed by atoms with Gasteiger partial charge in [0.15, 0.2) is 0 Å². The number of aliphatic hydroxyl groups is 1. The monoisotopic (exact) mass is 543 g/mol.